The van der Waals surface area contributed by atoms with Gasteiger partial charge in [-0.2, -0.15) is 0 Å². The summed E-state index contributed by atoms with van der Waals surface area (Å²) in [5.74, 6) is 0.151. The lowest BCUT2D eigenvalue weighted by molar-refractivity contribution is 0.390. The van der Waals surface area contributed by atoms with Crippen LogP contribution in [0.1, 0.15) is 17.0 Å². The molecule has 0 saturated carbocycles. The van der Waals surface area contributed by atoms with Crippen LogP contribution in [0.5, 0.6) is 0 Å². The zero-order valence-corrected chi connectivity index (χ0v) is 12.5. The van der Waals surface area contributed by atoms with Crippen molar-refractivity contribution >= 4 is 10.0 Å². The van der Waals surface area contributed by atoms with Gasteiger partial charge in [0, 0.05) is 18.2 Å². The Kier molecular flexibility index (Phi) is 4.71. The van der Waals surface area contributed by atoms with Gasteiger partial charge < -0.3 is 9.84 Å². The third-order valence-electron chi connectivity index (χ3n) is 2.81. The Morgan fingerprint density at radius 2 is 2.05 bits per heavy atom. The minimum atomic E-state index is -3.73. The van der Waals surface area contributed by atoms with E-state index in [9.17, 15) is 12.8 Å². The van der Waals surface area contributed by atoms with E-state index >= 15 is 0 Å². The molecule has 0 aliphatic rings. The van der Waals surface area contributed by atoms with Gasteiger partial charge in [-0.3, -0.25) is 0 Å². The third kappa shape index (κ3) is 3.87. The van der Waals surface area contributed by atoms with E-state index in [-0.39, 0.29) is 23.5 Å². The van der Waals surface area contributed by atoms with Crippen molar-refractivity contribution in [1.29, 1.82) is 0 Å². The molecule has 0 radical (unpaired) electrons. The van der Waals surface area contributed by atoms with E-state index in [1.54, 1.807) is 20.0 Å². The fraction of sp³-hybridized carbons (Fsp3) is 0.308. The summed E-state index contributed by atoms with van der Waals surface area (Å²) in [4.78, 5) is 0.00867. The maximum Gasteiger partial charge on any atom is 0.240 e. The minimum absolute atomic E-state index is 0.00867. The highest BCUT2D eigenvalue weighted by Gasteiger charge is 2.16. The summed E-state index contributed by atoms with van der Waals surface area (Å²) < 4.78 is 45.1. The van der Waals surface area contributed by atoms with Crippen LogP contribution in [-0.2, 0) is 23.1 Å². The predicted octanol–water partition coefficient (Wildman–Crippen LogP) is 1.32. The molecule has 8 heteroatoms. The first-order chi connectivity index (χ1) is 9.92. The van der Waals surface area contributed by atoms with Crippen molar-refractivity contribution in [2.45, 2.75) is 24.9 Å². The zero-order chi connectivity index (χ0) is 15.5. The van der Waals surface area contributed by atoms with Crippen LogP contribution in [0.3, 0.4) is 0 Å². The largest absolute Gasteiger partial charge is 0.361 e. The smallest absolute Gasteiger partial charge is 0.240 e. The summed E-state index contributed by atoms with van der Waals surface area (Å²) in [6, 6.07) is 5.31. The Bertz CT molecular complexity index is 728. The number of halogens is 1. The van der Waals surface area contributed by atoms with E-state index in [0.717, 1.165) is 6.07 Å². The van der Waals surface area contributed by atoms with Crippen molar-refractivity contribution in [1.82, 2.24) is 15.2 Å². The highest BCUT2D eigenvalue weighted by molar-refractivity contribution is 7.89. The van der Waals surface area contributed by atoms with E-state index in [1.807, 2.05) is 0 Å². The van der Waals surface area contributed by atoms with Crippen molar-refractivity contribution in [3.63, 3.8) is 0 Å². The topological polar surface area (TPSA) is 84.2 Å². The first-order valence-corrected chi connectivity index (χ1v) is 7.75. The molecule has 0 fully saturated rings. The number of aromatic nitrogens is 1. The number of hydrogen-bond donors (Lipinski definition) is 2. The summed E-state index contributed by atoms with van der Waals surface area (Å²) in [6.07, 6.45) is 0. The summed E-state index contributed by atoms with van der Waals surface area (Å²) in [5, 5.41) is 6.49. The summed E-state index contributed by atoms with van der Waals surface area (Å²) >= 11 is 0. The van der Waals surface area contributed by atoms with Gasteiger partial charge in [0.05, 0.1) is 17.1 Å². The average Bonchev–Trinajstić information content (AvgIpc) is 2.85. The van der Waals surface area contributed by atoms with Gasteiger partial charge >= 0.3 is 0 Å². The second kappa shape index (κ2) is 6.33. The molecule has 21 heavy (non-hydrogen) atoms. The highest BCUT2D eigenvalue weighted by atomic mass is 32.2. The van der Waals surface area contributed by atoms with Gasteiger partial charge in [0.25, 0.3) is 0 Å². The van der Waals surface area contributed by atoms with Crippen LogP contribution in [0.15, 0.2) is 33.7 Å². The molecule has 1 aromatic heterocycles. The molecule has 0 amide bonds. The molecular weight excluding hydrogens is 297 g/mol. The van der Waals surface area contributed by atoms with Gasteiger partial charge in [-0.15, -0.1) is 0 Å². The van der Waals surface area contributed by atoms with Crippen molar-refractivity contribution in [3.8, 4) is 0 Å². The Labute approximate surface area is 122 Å². The van der Waals surface area contributed by atoms with Crippen LogP contribution in [0.2, 0.25) is 0 Å². The standard InChI is InChI=1S/C13H16FN3O3S/c1-9-5-11(17-20-9)8-16-21(18,19)12-3-4-13(14)10(6-12)7-15-2/h3-6,15-16H,7-8H2,1-2H3. The van der Waals surface area contributed by atoms with Crippen LogP contribution in [-0.4, -0.2) is 20.6 Å². The quantitative estimate of drug-likeness (QED) is 0.840. The SMILES string of the molecule is CNCc1cc(S(=O)(=O)NCc2cc(C)on2)ccc1F. The molecule has 0 spiro atoms. The summed E-state index contributed by atoms with van der Waals surface area (Å²) in [6.45, 7) is 1.98. The third-order valence-corrected chi connectivity index (χ3v) is 4.21. The fourth-order valence-electron chi connectivity index (χ4n) is 1.80. The van der Waals surface area contributed by atoms with Crippen molar-refractivity contribution in [3.05, 3.63) is 47.1 Å². The van der Waals surface area contributed by atoms with E-state index in [0.29, 0.717) is 11.5 Å². The van der Waals surface area contributed by atoms with Crippen LogP contribution in [0.4, 0.5) is 4.39 Å². The molecule has 2 rings (SSSR count). The average molecular weight is 313 g/mol. The lowest BCUT2D eigenvalue weighted by Gasteiger charge is -2.08. The lowest BCUT2D eigenvalue weighted by atomic mass is 10.2. The van der Waals surface area contributed by atoms with Gasteiger partial charge in [-0.05, 0) is 32.2 Å². The summed E-state index contributed by atoms with van der Waals surface area (Å²) in [5.41, 5.74) is 0.770. The molecule has 0 unspecified atom stereocenters. The number of aryl methyl sites for hydroxylation is 1. The van der Waals surface area contributed by atoms with E-state index < -0.39 is 15.8 Å². The number of hydrogen-bond acceptors (Lipinski definition) is 5. The molecule has 6 nitrogen and oxygen atoms in total. The minimum Gasteiger partial charge on any atom is -0.361 e. The van der Waals surface area contributed by atoms with E-state index in [4.69, 9.17) is 4.52 Å². The molecule has 1 heterocycles. The Morgan fingerprint density at radius 3 is 2.67 bits per heavy atom. The Balaban J connectivity index is 2.17. The number of nitrogens with one attached hydrogen (secondary N) is 2. The van der Waals surface area contributed by atoms with Crippen LogP contribution >= 0.6 is 0 Å². The molecule has 0 bridgehead atoms. The summed E-state index contributed by atoms with van der Waals surface area (Å²) in [7, 11) is -2.07. The fourth-order valence-corrected chi connectivity index (χ4v) is 2.85. The molecule has 0 aliphatic carbocycles. The Morgan fingerprint density at radius 1 is 1.29 bits per heavy atom. The van der Waals surface area contributed by atoms with Gasteiger partial charge in [-0.1, -0.05) is 5.16 Å². The molecule has 0 aliphatic heterocycles. The zero-order valence-electron chi connectivity index (χ0n) is 11.7. The van der Waals surface area contributed by atoms with Crippen molar-refractivity contribution in [2.24, 2.45) is 0 Å². The van der Waals surface area contributed by atoms with E-state index in [2.05, 4.69) is 15.2 Å². The number of rotatable bonds is 6. The number of nitrogens with zero attached hydrogens (tertiary/aromatic N) is 1. The van der Waals surface area contributed by atoms with Gasteiger partial charge in [-0.25, -0.2) is 17.5 Å². The molecule has 114 valence electrons. The van der Waals surface area contributed by atoms with Crippen molar-refractivity contribution in [2.75, 3.05) is 7.05 Å². The molecule has 2 aromatic rings. The van der Waals surface area contributed by atoms with Gasteiger partial charge in [0.2, 0.25) is 10.0 Å². The Hall–Kier alpha value is -1.77. The maximum atomic E-state index is 13.5. The first-order valence-electron chi connectivity index (χ1n) is 6.27. The van der Waals surface area contributed by atoms with Crippen LogP contribution < -0.4 is 10.0 Å². The molecular formula is C13H16FN3O3S. The van der Waals surface area contributed by atoms with Crippen LogP contribution in [0.25, 0.3) is 0 Å². The normalized spacial score (nSPS) is 11.8. The maximum absolute atomic E-state index is 13.5. The predicted molar refractivity (Wildman–Crippen MR) is 74.4 cm³/mol. The number of benzene rings is 1. The molecule has 0 saturated heterocycles. The van der Waals surface area contributed by atoms with Gasteiger partial charge in [0.1, 0.15) is 11.6 Å². The van der Waals surface area contributed by atoms with Gasteiger partial charge in [0.15, 0.2) is 0 Å². The molecule has 1 aromatic carbocycles. The van der Waals surface area contributed by atoms with Crippen molar-refractivity contribution < 1.29 is 17.3 Å². The second-order valence-electron chi connectivity index (χ2n) is 4.54. The number of sulfonamides is 1. The molecule has 2 N–H and O–H groups in total. The highest BCUT2D eigenvalue weighted by Crippen LogP contribution is 2.15. The van der Waals surface area contributed by atoms with E-state index in [1.165, 1.54) is 12.1 Å². The lowest BCUT2D eigenvalue weighted by Crippen LogP contribution is -2.23. The van der Waals surface area contributed by atoms with Crippen LogP contribution in [0, 0.1) is 12.7 Å². The second-order valence-corrected chi connectivity index (χ2v) is 6.30. The molecule has 0 atom stereocenters. The first kappa shape index (κ1) is 15.6. The monoisotopic (exact) mass is 313 g/mol.